The maximum Gasteiger partial charge on any atom is 0.307 e. The van der Waals surface area contributed by atoms with E-state index in [1.165, 1.54) is 0 Å². The first kappa shape index (κ1) is 13.4. The molecular formula is C17H15NO3. The molecule has 4 nitrogen and oxygen atoms in total. The Kier molecular flexibility index (Phi) is 3.22. The van der Waals surface area contributed by atoms with Crippen molar-refractivity contribution in [2.75, 3.05) is 5.73 Å². The van der Waals surface area contributed by atoms with Crippen LogP contribution in [0.3, 0.4) is 0 Å². The summed E-state index contributed by atoms with van der Waals surface area (Å²) in [7, 11) is 0. The molecule has 1 atom stereocenters. The molecule has 106 valence electrons. The monoisotopic (exact) mass is 281 g/mol. The lowest BCUT2D eigenvalue weighted by Gasteiger charge is -2.05. The van der Waals surface area contributed by atoms with Gasteiger partial charge in [0, 0.05) is 16.8 Å². The number of carbonyl (C=O) groups excluding carboxylic acids is 1. The van der Waals surface area contributed by atoms with Gasteiger partial charge in [0.25, 0.3) is 0 Å². The fraction of sp³-hybridized carbons (Fsp3) is 0.176. The molecule has 1 unspecified atom stereocenters. The normalized spacial score (nSPS) is 16.5. The molecule has 0 aromatic heterocycles. The summed E-state index contributed by atoms with van der Waals surface area (Å²) in [6.45, 7) is 0. The maximum atomic E-state index is 12.4. The van der Waals surface area contributed by atoms with Gasteiger partial charge < -0.3 is 10.8 Å². The fourth-order valence-corrected chi connectivity index (χ4v) is 2.74. The molecule has 0 fully saturated rings. The lowest BCUT2D eigenvalue weighted by molar-refractivity contribution is -0.141. The van der Waals surface area contributed by atoms with E-state index in [0.717, 1.165) is 11.1 Å². The molecule has 0 saturated heterocycles. The van der Waals surface area contributed by atoms with Crippen molar-refractivity contribution in [2.45, 2.75) is 12.8 Å². The number of ketones is 1. The smallest absolute Gasteiger partial charge is 0.307 e. The van der Waals surface area contributed by atoms with Crippen molar-refractivity contribution >= 4 is 17.4 Å². The molecule has 0 aliphatic heterocycles. The van der Waals surface area contributed by atoms with Crippen LogP contribution in [0.5, 0.6) is 0 Å². The summed E-state index contributed by atoms with van der Waals surface area (Å²) in [5.74, 6) is -1.23. The molecule has 0 amide bonds. The zero-order valence-electron chi connectivity index (χ0n) is 11.4. The van der Waals surface area contributed by atoms with E-state index >= 15 is 0 Å². The third-order valence-corrected chi connectivity index (χ3v) is 3.92. The van der Waals surface area contributed by atoms with E-state index in [4.69, 9.17) is 10.8 Å². The lowest BCUT2D eigenvalue weighted by atomic mass is 9.99. The standard InChI is InChI=1S/C17H15NO3/c18-15-5-3-10(4-6-15)16(19)12-2-1-11-7-14(17(20)21)9-13(11)8-12/h1-6,8,14H,7,9,18H2,(H,20,21). The molecule has 3 N–H and O–H groups in total. The first-order valence-corrected chi connectivity index (χ1v) is 6.79. The first-order chi connectivity index (χ1) is 10.0. The zero-order valence-corrected chi connectivity index (χ0v) is 11.4. The fourth-order valence-electron chi connectivity index (χ4n) is 2.74. The largest absolute Gasteiger partial charge is 0.481 e. The number of nitrogen functional groups attached to an aromatic ring is 1. The highest BCUT2D eigenvalue weighted by Gasteiger charge is 2.27. The molecule has 1 aliphatic carbocycles. The number of fused-ring (bicyclic) bond motifs is 1. The summed E-state index contributed by atoms with van der Waals surface area (Å²) in [5, 5.41) is 9.09. The van der Waals surface area contributed by atoms with Crippen LogP contribution in [0.4, 0.5) is 5.69 Å². The Morgan fingerprint density at radius 1 is 0.952 bits per heavy atom. The number of carbonyl (C=O) groups is 2. The van der Waals surface area contributed by atoms with Gasteiger partial charge in [0.15, 0.2) is 5.78 Å². The van der Waals surface area contributed by atoms with Crippen LogP contribution in [0.1, 0.15) is 27.0 Å². The third-order valence-electron chi connectivity index (χ3n) is 3.92. The van der Waals surface area contributed by atoms with Crippen LogP contribution in [0.15, 0.2) is 42.5 Å². The number of carboxylic acid groups (broad SMARTS) is 1. The van der Waals surface area contributed by atoms with Gasteiger partial charge >= 0.3 is 5.97 Å². The van der Waals surface area contributed by atoms with Gasteiger partial charge in [-0.05, 0) is 54.3 Å². The minimum absolute atomic E-state index is 0.0726. The van der Waals surface area contributed by atoms with E-state index in [2.05, 4.69) is 0 Å². The highest BCUT2D eigenvalue weighted by atomic mass is 16.4. The van der Waals surface area contributed by atoms with Gasteiger partial charge in [-0.15, -0.1) is 0 Å². The van der Waals surface area contributed by atoms with Crippen molar-refractivity contribution in [3.63, 3.8) is 0 Å². The minimum atomic E-state index is -0.780. The van der Waals surface area contributed by atoms with Crippen molar-refractivity contribution in [3.8, 4) is 0 Å². The van der Waals surface area contributed by atoms with Crippen molar-refractivity contribution in [1.82, 2.24) is 0 Å². The number of benzene rings is 2. The molecule has 0 radical (unpaired) electrons. The lowest BCUT2D eigenvalue weighted by Crippen LogP contribution is -2.12. The number of anilines is 1. The van der Waals surface area contributed by atoms with Crippen LogP contribution in [0.25, 0.3) is 0 Å². The molecule has 2 aromatic carbocycles. The molecule has 1 aliphatic rings. The minimum Gasteiger partial charge on any atom is -0.481 e. The van der Waals surface area contributed by atoms with E-state index in [9.17, 15) is 9.59 Å². The summed E-state index contributed by atoms with van der Waals surface area (Å²) in [5.41, 5.74) is 9.39. The predicted octanol–water partition coefficient (Wildman–Crippen LogP) is 2.30. The van der Waals surface area contributed by atoms with Crippen molar-refractivity contribution < 1.29 is 14.7 Å². The van der Waals surface area contributed by atoms with E-state index in [0.29, 0.717) is 29.7 Å². The molecular weight excluding hydrogens is 266 g/mol. The number of nitrogens with two attached hydrogens (primary N) is 1. The summed E-state index contributed by atoms with van der Waals surface area (Å²) < 4.78 is 0. The number of hydrogen-bond acceptors (Lipinski definition) is 3. The number of rotatable bonds is 3. The third kappa shape index (κ3) is 2.52. The average molecular weight is 281 g/mol. The molecule has 0 saturated carbocycles. The Hall–Kier alpha value is -2.62. The zero-order chi connectivity index (χ0) is 15.0. The highest BCUT2D eigenvalue weighted by molar-refractivity contribution is 6.09. The Labute approximate surface area is 122 Å². The van der Waals surface area contributed by atoms with Crippen molar-refractivity contribution in [2.24, 2.45) is 5.92 Å². The highest BCUT2D eigenvalue weighted by Crippen LogP contribution is 2.28. The second-order valence-electron chi connectivity index (χ2n) is 5.38. The second-order valence-corrected chi connectivity index (χ2v) is 5.38. The molecule has 0 heterocycles. The maximum absolute atomic E-state index is 12.4. The SMILES string of the molecule is Nc1ccc(C(=O)c2ccc3c(c2)CC(C(=O)O)C3)cc1. The van der Waals surface area contributed by atoms with E-state index < -0.39 is 5.97 Å². The predicted molar refractivity (Wildman–Crippen MR) is 79.3 cm³/mol. The second kappa shape index (κ2) is 5.05. The van der Waals surface area contributed by atoms with Crippen LogP contribution in [-0.4, -0.2) is 16.9 Å². The summed E-state index contributed by atoms with van der Waals surface area (Å²) in [6, 6.07) is 12.2. The van der Waals surface area contributed by atoms with E-state index in [1.54, 1.807) is 30.3 Å². The molecule has 21 heavy (non-hydrogen) atoms. The van der Waals surface area contributed by atoms with Crippen molar-refractivity contribution in [3.05, 3.63) is 64.7 Å². The number of aliphatic carboxylic acids is 1. The summed E-state index contributed by atoms with van der Waals surface area (Å²) in [4.78, 5) is 23.5. The van der Waals surface area contributed by atoms with Gasteiger partial charge in [-0.2, -0.15) is 0 Å². The molecule has 4 heteroatoms. The van der Waals surface area contributed by atoms with Gasteiger partial charge in [-0.3, -0.25) is 9.59 Å². The Balaban J connectivity index is 1.88. The van der Waals surface area contributed by atoms with Crippen LogP contribution in [-0.2, 0) is 17.6 Å². The van der Waals surface area contributed by atoms with Gasteiger partial charge in [0.2, 0.25) is 0 Å². The van der Waals surface area contributed by atoms with Crippen LogP contribution < -0.4 is 5.73 Å². The van der Waals surface area contributed by atoms with Gasteiger partial charge in [0.1, 0.15) is 0 Å². The number of carboxylic acids is 1. The van der Waals surface area contributed by atoms with E-state index in [1.807, 2.05) is 12.1 Å². The van der Waals surface area contributed by atoms with Gasteiger partial charge in [-0.1, -0.05) is 12.1 Å². The Morgan fingerprint density at radius 2 is 1.57 bits per heavy atom. The van der Waals surface area contributed by atoms with Gasteiger partial charge in [-0.25, -0.2) is 0 Å². The van der Waals surface area contributed by atoms with Crippen molar-refractivity contribution in [1.29, 1.82) is 0 Å². The van der Waals surface area contributed by atoms with Gasteiger partial charge in [0.05, 0.1) is 5.92 Å². The molecule has 0 spiro atoms. The summed E-state index contributed by atoms with van der Waals surface area (Å²) >= 11 is 0. The molecule has 3 rings (SSSR count). The van der Waals surface area contributed by atoms with Crippen LogP contribution in [0, 0.1) is 5.92 Å². The topological polar surface area (TPSA) is 80.4 Å². The number of hydrogen-bond donors (Lipinski definition) is 2. The van der Waals surface area contributed by atoms with E-state index in [-0.39, 0.29) is 11.7 Å². The Bertz CT molecular complexity index is 719. The molecule has 2 aromatic rings. The quantitative estimate of drug-likeness (QED) is 0.668. The molecule has 0 bridgehead atoms. The summed E-state index contributed by atoms with van der Waals surface area (Å²) in [6.07, 6.45) is 1.04. The Morgan fingerprint density at radius 3 is 2.24 bits per heavy atom. The van der Waals surface area contributed by atoms with Crippen LogP contribution in [0.2, 0.25) is 0 Å². The average Bonchev–Trinajstić information content (AvgIpc) is 2.90. The first-order valence-electron chi connectivity index (χ1n) is 6.79. The van der Waals surface area contributed by atoms with Crippen LogP contribution >= 0.6 is 0 Å².